The molecule has 0 aliphatic carbocycles. The Bertz CT molecular complexity index is 895. The molecule has 5 nitrogen and oxygen atoms in total. The Kier molecular flexibility index (Phi) is 5.47. The van der Waals surface area contributed by atoms with Crippen LogP contribution in [-0.2, 0) is 16.8 Å². The Labute approximate surface area is 164 Å². The lowest BCUT2D eigenvalue weighted by atomic mass is 9.92. The molecular weight excluding hydrogens is 358 g/mol. The summed E-state index contributed by atoms with van der Waals surface area (Å²) in [5.74, 6) is 0.763. The van der Waals surface area contributed by atoms with Crippen LogP contribution in [0, 0.1) is 5.92 Å². The summed E-state index contributed by atoms with van der Waals surface area (Å²) in [6, 6.07) is 9.53. The quantitative estimate of drug-likeness (QED) is 0.811. The highest BCUT2D eigenvalue weighted by Gasteiger charge is 2.28. The molecule has 0 saturated heterocycles. The molecule has 0 bridgehead atoms. The van der Waals surface area contributed by atoms with E-state index in [1.807, 2.05) is 45.0 Å². The van der Waals surface area contributed by atoms with E-state index in [0.717, 1.165) is 11.4 Å². The van der Waals surface area contributed by atoms with Gasteiger partial charge < -0.3 is 5.32 Å². The number of hydrogen-bond donors (Lipinski definition) is 1. The molecule has 0 radical (unpaired) electrons. The van der Waals surface area contributed by atoms with Crippen LogP contribution >= 0.6 is 11.8 Å². The summed E-state index contributed by atoms with van der Waals surface area (Å²) in [5.41, 5.74) is 2.55. The minimum absolute atomic E-state index is 0.0581. The summed E-state index contributed by atoms with van der Waals surface area (Å²) < 4.78 is 1.62. The number of anilines is 1. The van der Waals surface area contributed by atoms with Crippen molar-refractivity contribution in [2.75, 3.05) is 11.1 Å². The van der Waals surface area contributed by atoms with Gasteiger partial charge in [-0.2, -0.15) is 0 Å². The molecule has 144 valence electrons. The highest BCUT2D eigenvalue weighted by atomic mass is 32.2. The fourth-order valence-electron chi connectivity index (χ4n) is 2.95. The van der Waals surface area contributed by atoms with E-state index in [4.69, 9.17) is 0 Å². The van der Waals surface area contributed by atoms with Crippen molar-refractivity contribution >= 4 is 23.4 Å². The standard InChI is InChI=1S/C21H27N3O2S/c1-13(2)14-6-8-16(9-7-14)22-19(26)15-11-24-18(25)10-17(21(3,4)5)23-20(24)27-12-15/h6-10,13,15H,11-12H2,1-5H3,(H,22,26). The monoisotopic (exact) mass is 385 g/mol. The smallest absolute Gasteiger partial charge is 0.254 e. The number of amides is 1. The van der Waals surface area contributed by atoms with Gasteiger partial charge in [0.15, 0.2) is 5.16 Å². The maximum Gasteiger partial charge on any atom is 0.254 e. The molecule has 1 N–H and O–H groups in total. The maximum atomic E-state index is 12.7. The van der Waals surface area contributed by atoms with E-state index in [2.05, 4.69) is 24.1 Å². The van der Waals surface area contributed by atoms with Gasteiger partial charge in [-0.3, -0.25) is 14.2 Å². The third kappa shape index (κ3) is 4.43. The molecule has 0 saturated carbocycles. The lowest BCUT2D eigenvalue weighted by molar-refractivity contribution is -0.119. The molecular formula is C21H27N3O2S. The van der Waals surface area contributed by atoms with Crippen LogP contribution in [-0.4, -0.2) is 21.2 Å². The van der Waals surface area contributed by atoms with Crippen molar-refractivity contribution in [1.29, 1.82) is 0 Å². The second-order valence-electron chi connectivity index (χ2n) is 8.40. The molecule has 0 fully saturated rings. The van der Waals surface area contributed by atoms with Crippen LogP contribution in [0.3, 0.4) is 0 Å². The van der Waals surface area contributed by atoms with E-state index in [1.54, 1.807) is 10.6 Å². The minimum atomic E-state index is -0.257. The van der Waals surface area contributed by atoms with Gasteiger partial charge in [0.2, 0.25) is 5.91 Å². The Balaban J connectivity index is 1.74. The van der Waals surface area contributed by atoms with Gasteiger partial charge in [0.25, 0.3) is 5.56 Å². The Hall–Kier alpha value is -2.08. The number of fused-ring (bicyclic) bond motifs is 1. The van der Waals surface area contributed by atoms with Crippen molar-refractivity contribution in [2.45, 2.75) is 57.7 Å². The van der Waals surface area contributed by atoms with Crippen LogP contribution in [0.5, 0.6) is 0 Å². The van der Waals surface area contributed by atoms with Gasteiger partial charge in [0, 0.05) is 29.5 Å². The first-order valence-electron chi connectivity index (χ1n) is 9.31. The normalized spacial score (nSPS) is 16.9. The number of hydrogen-bond acceptors (Lipinski definition) is 4. The first kappa shape index (κ1) is 19.7. The van der Waals surface area contributed by atoms with Crippen LogP contribution in [0.15, 0.2) is 40.3 Å². The number of rotatable bonds is 3. The molecule has 1 atom stereocenters. The summed E-state index contributed by atoms with van der Waals surface area (Å²) in [6.07, 6.45) is 0. The summed E-state index contributed by atoms with van der Waals surface area (Å²) in [4.78, 5) is 29.9. The van der Waals surface area contributed by atoms with Gasteiger partial charge in [0.05, 0.1) is 11.6 Å². The Morgan fingerprint density at radius 3 is 2.52 bits per heavy atom. The van der Waals surface area contributed by atoms with Crippen LogP contribution < -0.4 is 10.9 Å². The summed E-state index contributed by atoms with van der Waals surface area (Å²) in [6.45, 7) is 10.8. The van der Waals surface area contributed by atoms with Gasteiger partial charge in [-0.05, 0) is 23.6 Å². The molecule has 1 aromatic carbocycles. The van der Waals surface area contributed by atoms with Crippen molar-refractivity contribution in [2.24, 2.45) is 5.92 Å². The molecule has 1 aliphatic heterocycles. The third-order valence-electron chi connectivity index (χ3n) is 4.77. The van der Waals surface area contributed by atoms with E-state index >= 15 is 0 Å². The summed E-state index contributed by atoms with van der Waals surface area (Å²) >= 11 is 1.48. The number of thioether (sulfide) groups is 1. The van der Waals surface area contributed by atoms with Crippen molar-refractivity contribution in [1.82, 2.24) is 9.55 Å². The van der Waals surface area contributed by atoms with E-state index in [1.165, 1.54) is 17.3 Å². The molecule has 1 aromatic heterocycles. The number of benzene rings is 1. The lowest BCUT2D eigenvalue weighted by Gasteiger charge is -2.26. The zero-order chi connectivity index (χ0) is 19.8. The van der Waals surface area contributed by atoms with Gasteiger partial charge in [-0.25, -0.2) is 4.98 Å². The average molecular weight is 386 g/mol. The summed E-state index contributed by atoms with van der Waals surface area (Å²) in [7, 11) is 0. The maximum absolute atomic E-state index is 12.7. The average Bonchev–Trinajstić information content (AvgIpc) is 2.61. The van der Waals surface area contributed by atoms with Crippen LogP contribution in [0.2, 0.25) is 0 Å². The Morgan fingerprint density at radius 2 is 1.93 bits per heavy atom. The fourth-order valence-corrected chi connectivity index (χ4v) is 4.04. The van der Waals surface area contributed by atoms with Gasteiger partial charge in [-0.15, -0.1) is 0 Å². The predicted molar refractivity (Wildman–Crippen MR) is 111 cm³/mol. The number of carbonyl (C=O) groups is 1. The van der Waals surface area contributed by atoms with Crippen LogP contribution in [0.25, 0.3) is 0 Å². The van der Waals surface area contributed by atoms with Crippen molar-refractivity contribution in [3.8, 4) is 0 Å². The molecule has 1 aliphatic rings. The molecule has 1 amide bonds. The molecule has 27 heavy (non-hydrogen) atoms. The van der Waals surface area contributed by atoms with E-state index in [0.29, 0.717) is 23.4 Å². The molecule has 3 rings (SSSR count). The predicted octanol–water partition coefficient (Wildman–Crippen LogP) is 4.02. The molecule has 6 heteroatoms. The first-order valence-corrected chi connectivity index (χ1v) is 10.3. The van der Waals surface area contributed by atoms with Crippen molar-refractivity contribution in [3.05, 3.63) is 51.9 Å². The SMILES string of the molecule is CC(C)c1ccc(NC(=O)C2CSc3nc(C(C)(C)C)cc(=O)n3C2)cc1. The van der Waals surface area contributed by atoms with Crippen LogP contribution in [0.4, 0.5) is 5.69 Å². The zero-order valence-corrected chi connectivity index (χ0v) is 17.4. The summed E-state index contributed by atoms with van der Waals surface area (Å²) in [5, 5.41) is 3.68. The zero-order valence-electron chi connectivity index (χ0n) is 16.6. The highest BCUT2D eigenvalue weighted by molar-refractivity contribution is 7.99. The second-order valence-corrected chi connectivity index (χ2v) is 9.38. The second kappa shape index (κ2) is 7.50. The molecule has 0 spiro atoms. The van der Waals surface area contributed by atoms with E-state index in [-0.39, 0.29) is 22.8 Å². The van der Waals surface area contributed by atoms with Crippen molar-refractivity contribution in [3.63, 3.8) is 0 Å². The van der Waals surface area contributed by atoms with Gasteiger partial charge in [0.1, 0.15) is 0 Å². The number of nitrogens with one attached hydrogen (secondary N) is 1. The molecule has 2 heterocycles. The Morgan fingerprint density at radius 1 is 1.26 bits per heavy atom. The third-order valence-corrected chi connectivity index (χ3v) is 5.91. The van der Waals surface area contributed by atoms with Crippen molar-refractivity contribution < 1.29 is 4.79 Å². The topological polar surface area (TPSA) is 64.0 Å². The lowest BCUT2D eigenvalue weighted by Crippen LogP contribution is -2.37. The number of nitrogens with zero attached hydrogens (tertiary/aromatic N) is 2. The van der Waals surface area contributed by atoms with E-state index < -0.39 is 0 Å². The largest absolute Gasteiger partial charge is 0.326 e. The molecule has 2 aromatic rings. The first-order chi connectivity index (χ1) is 12.6. The van der Waals surface area contributed by atoms with Crippen LogP contribution in [0.1, 0.15) is 51.8 Å². The minimum Gasteiger partial charge on any atom is -0.326 e. The van der Waals surface area contributed by atoms with Gasteiger partial charge >= 0.3 is 0 Å². The number of carbonyl (C=O) groups excluding carboxylic acids is 1. The molecule has 1 unspecified atom stereocenters. The van der Waals surface area contributed by atoms with Gasteiger partial charge in [-0.1, -0.05) is 58.5 Å². The van der Waals surface area contributed by atoms with E-state index in [9.17, 15) is 9.59 Å². The number of aromatic nitrogens is 2. The highest BCUT2D eigenvalue weighted by Crippen LogP contribution is 2.28. The fraction of sp³-hybridized carbons (Fsp3) is 0.476.